The van der Waals surface area contributed by atoms with Gasteiger partial charge in [0.25, 0.3) is 0 Å². The summed E-state index contributed by atoms with van der Waals surface area (Å²) in [5.41, 5.74) is 1.76. The Bertz CT molecular complexity index is 566. The fourth-order valence-electron chi connectivity index (χ4n) is 1.74. The first-order valence-corrected chi connectivity index (χ1v) is 5.88. The zero-order valence-corrected chi connectivity index (χ0v) is 10.2. The predicted octanol–water partition coefficient (Wildman–Crippen LogP) is 2.79. The number of pyridine rings is 1. The number of para-hydroxylation sites is 1. The van der Waals surface area contributed by atoms with Crippen molar-refractivity contribution < 1.29 is 14.6 Å². The fraction of sp³-hybridized carbons (Fsp3) is 0.286. The Balaban J connectivity index is 2.12. The molecule has 18 heavy (non-hydrogen) atoms. The number of carboxylic acid groups (broad SMARTS) is 1. The molecule has 0 spiro atoms. The Kier molecular flexibility index (Phi) is 3.77. The van der Waals surface area contributed by atoms with Crippen LogP contribution in [0.25, 0.3) is 10.9 Å². The van der Waals surface area contributed by atoms with Crippen LogP contribution in [0.4, 0.5) is 0 Å². The quantitative estimate of drug-likeness (QED) is 0.823. The van der Waals surface area contributed by atoms with Crippen molar-refractivity contribution in [3.05, 3.63) is 36.0 Å². The van der Waals surface area contributed by atoms with Crippen LogP contribution in [-0.2, 0) is 4.79 Å². The van der Waals surface area contributed by atoms with E-state index in [-0.39, 0.29) is 6.42 Å². The number of rotatable bonds is 5. The van der Waals surface area contributed by atoms with Crippen molar-refractivity contribution in [2.75, 3.05) is 6.61 Å². The Labute approximate surface area is 105 Å². The van der Waals surface area contributed by atoms with Crippen molar-refractivity contribution in [3.8, 4) is 5.75 Å². The number of hydrogen-bond acceptors (Lipinski definition) is 3. The third-order valence-electron chi connectivity index (χ3n) is 2.62. The molecule has 0 saturated carbocycles. The van der Waals surface area contributed by atoms with Gasteiger partial charge in [0.05, 0.1) is 6.61 Å². The van der Waals surface area contributed by atoms with Crippen molar-refractivity contribution in [2.45, 2.75) is 19.8 Å². The molecule has 2 rings (SSSR count). The molecule has 1 N–H and O–H groups in total. The van der Waals surface area contributed by atoms with Crippen molar-refractivity contribution >= 4 is 16.9 Å². The Hall–Kier alpha value is -2.10. The predicted molar refractivity (Wildman–Crippen MR) is 68.8 cm³/mol. The summed E-state index contributed by atoms with van der Waals surface area (Å²) in [6.45, 7) is 2.32. The summed E-state index contributed by atoms with van der Waals surface area (Å²) in [6, 6.07) is 9.70. The van der Waals surface area contributed by atoms with E-state index in [1.165, 1.54) is 0 Å². The van der Waals surface area contributed by atoms with E-state index < -0.39 is 5.97 Å². The van der Waals surface area contributed by atoms with Gasteiger partial charge in [0, 0.05) is 17.5 Å². The molecule has 0 radical (unpaired) electrons. The number of fused-ring (bicyclic) bond motifs is 1. The molecule has 0 amide bonds. The SMILES string of the molecule is Cc1ccc2cccc(OCCCC(=O)O)c2n1. The number of benzene rings is 1. The Morgan fingerprint density at radius 3 is 2.94 bits per heavy atom. The second kappa shape index (κ2) is 5.49. The van der Waals surface area contributed by atoms with Crippen LogP contribution in [0, 0.1) is 6.92 Å². The van der Waals surface area contributed by atoms with Crippen LogP contribution in [0.1, 0.15) is 18.5 Å². The maximum Gasteiger partial charge on any atom is 0.303 e. The largest absolute Gasteiger partial charge is 0.491 e. The van der Waals surface area contributed by atoms with Gasteiger partial charge in [-0.05, 0) is 25.5 Å². The van der Waals surface area contributed by atoms with E-state index in [1.54, 1.807) is 0 Å². The molecular formula is C14H15NO3. The van der Waals surface area contributed by atoms with Crippen LogP contribution in [-0.4, -0.2) is 22.7 Å². The van der Waals surface area contributed by atoms with E-state index in [4.69, 9.17) is 9.84 Å². The maximum atomic E-state index is 10.4. The van der Waals surface area contributed by atoms with Crippen molar-refractivity contribution in [1.29, 1.82) is 0 Å². The number of aliphatic carboxylic acids is 1. The summed E-state index contributed by atoms with van der Waals surface area (Å²) in [4.78, 5) is 14.8. The second-order valence-corrected chi connectivity index (χ2v) is 4.13. The number of nitrogens with zero attached hydrogens (tertiary/aromatic N) is 1. The first kappa shape index (κ1) is 12.4. The maximum absolute atomic E-state index is 10.4. The third-order valence-corrected chi connectivity index (χ3v) is 2.62. The lowest BCUT2D eigenvalue weighted by molar-refractivity contribution is -0.137. The zero-order chi connectivity index (χ0) is 13.0. The third kappa shape index (κ3) is 2.97. The van der Waals surface area contributed by atoms with Crippen molar-refractivity contribution in [2.24, 2.45) is 0 Å². The molecule has 0 unspecified atom stereocenters. The molecule has 0 fully saturated rings. The van der Waals surface area contributed by atoms with Gasteiger partial charge in [-0.2, -0.15) is 0 Å². The molecule has 4 heteroatoms. The minimum absolute atomic E-state index is 0.122. The van der Waals surface area contributed by atoms with Crippen LogP contribution in [0.5, 0.6) is 5.75 Å². The molecule has 0 bridgehead atoms. The molecule has 2 aromatic rings. The molecule has 0 saturated heterocycles. The first-order valence-electron chi connectivity index (χ1n) is 5.88. The number of ether oxygens (including phenoxy) is 1. The fourth-order valence-corrected chi connectivity index (χ4v) is 1.74. The standard InChI is InChI=1S/C14H15NO3/c1-10-7-8-11-4-2-5-12(14(11)15-10)18-9-3-6-13(16)17/h2,4-5,7-8H,3,6,9H2,1H3,(H,16,17). The molecule has 4 nitrogen and oxygen atoms in total. The molecule has 0 aliphatic heterocycles. The van der Waals surface area contributed by atoms with Crippen LogP contribution >= 0.6 is 0 Å². The van der Waals surface area contributed by atoms with Gasteiger partial charge in [0.15, 0.2) is 0 Å². The van der Waals surface area contributed by atoms with Crippen molar-refractivity contribution in [3.63, 3.8) is 0 Å². The summed E-state index contributed by atoms with van der Waals surface area (Å²) in [5.74, 6) is -0.0907. The van der Waals surface area contributed by atoms with Gasteiger partial charge in [0.1, 0.15) is 11.3 Å². The Morgan fingerprint density at radius 1 is 1.33 bits per heavy atom. The number of hydrogen-bond donors (Lipinski definition) is 1. The summed E-state index contributed by atoms with van der Waals surface area (Å²) in [5, 5.41) is 9.58. The van der Waals surface area contributed by atoms with E-state index in [1.807, 2.05) is 37.3 Å². The summed E-state index contributed by atoms with van der Waals surface area (Å²) < 4.78 is 5.60. The van der Waals surface area contributed by atoms with Crippen molar-refractivity contribution in [1.82, 2.24) is 4.98 Å². The molecule has 1 aromatic heterocycles. The molecule has 0 aliphatic carbocycles. The molecule has 1 heterocycles. The van der Waals surface area contributed by atoms with Crippen LogP contribution in [0.2, 0.25) is 0 Å². The molecule has 0 atom stereocenters. The zero-order valence-electron chi connectivity index (χ0n) is 10.2. The highest BCUT2D eigenvalue weighted by atomic mass is 16.5. The minimum atomic E-state index is -0.800. The molecule has 94 valence electrons. The number of carbonyl (C=O) groups is 1. The van der Waals surface area contributed by atoms with Gasteiger partial charge in [-0.15, -0.1) is 0 Å². The smallest absolute Gasteiger partial charge is 0.303 e. The summed E-state index contributed by atoms with van der Waals surface area (Å²) in [6.07, 6.45) is 0.620. The normalized spacial score (nSPS) is 10.5. The van der Waals surface area contributed by atoms with Crippen LogP contribution < -0.4 is 4.74 Å². The Morgan fingerprint density at radius 2 is 2.17 bits per heavy atom. The van der Waals surface area contributed by atoms with E-state index in [2.05, 4.69) is 4.98 Å². The van der Waals surface area contributed by atoms with E-state index in [0.29, 0.717) is 18.8 Å². The van der Waals surface area contributed by atoms with E-state index in [0.717, 1.165) is 16.6 Å². The van der Waals surface area contributed by atoms with Gasteiger partial charge in [0.2, 0.25) is 0 Å². The minimum Gasteiger partial charge on any atom is -0.491 e. The molecule has 0 aliphatic rings. The first-order chi connectivity index (χ1) is 8.66. The van der Waals surface area contributed by atoms with Gasteiger partial charge in [-0.1, -0.05) is 18.2 Å². The summed E-state index contributed by atoms with van der Waals surface area (Å²) >= 11 is 0. The monoisotopic (exact) mass is 245 g/mol. The lowest BCUT2D eigenvalue weighted by atomic mass is 10.2. The lowest BCUT2D eigenvalue weighted by Crippen LogP contribution is -2.02. The number of aryl methyl sites for hydroxylation is 1. The van der Waals surface area contributed by atoms with E-state index >= 15 is 0 Å². The average molecular weight is 245 g/mol. The highest BCUT2D eigenvalue weighted by Gasteiger charge is 2.04. The molecular weight excluding hydrogens is 230 g/mol. The lowest BCUT2D eigenvalue weighted by Gasteiger charge is -2.08. The van der Waals surface area contributed by atoms with Crippen LogP contribution in [0.3, 0.4) is 0 Å². The van der Waals surface area contributed by atoms with Gasteiger partial charge >= 0.3 is 5.97 Å². The highest BCUT2D eigenvalue weighted by molar-refractivity contribution is 5.84. The van der Waals surface area contributed by atoms with E-state index in [9.17, 15) is 4.79 Å². The number of carboxylic acids is 1. The van der Waals surface area contributed by atoms with Gasteiger partial charge in [-0.25, -0.2) is 4.98 Å². The highest BCUT2D eigenvalue weighted by Crippen LogP contribution is 2.24. The number of aromatic nitrogens is 1. The van der Waals surface area contributed by atoms with Gasteiger partial charge in [-0.3, -0.25) is 4.79 Å². The summed E-state index contributed by atoms with van der Waals surface area (Å²) in [7, 11) is 0. The van der Waals surface area contributed by atoms with Gasteiger partial charge < -0.3 is 9.84 Å². The molecule has 1 aromatic carbocycles. The van der Waals surface area contributed by atoms with Crippen LogP contribution in [0.15, 0.2) is 30.3 Å². The average Bonchev–Trinajstić information content (AvgIpc) is 2.34. The topological polar surface area (TPSA) is 59.4 Å². The second-order valence-electron chi connectivity index (χ2n) is 4.13.